The molecular weight excluding hydrogens is 164 g/mol. The van der Waals surface area contributed by atoms with E-state index in [9.17, 15) is 0 Å². The molecule has 0 saturated heterocycles. The van der Waals surface area contributed by atoms with Crippen LogP contribution in [0.1, 0.15) is 11.5 Å². The molecule has 0 amide bonds. The van der Waals surface area contributed by atoms with Crippen LogP contribution in [0.2, 0.25) is 0 Å². The summed E-state index contributed by atoms with van der Waals surface area (Å²) in [6, 6.07) is 7.99. The zero-order valence-electron chi connectivity index (χ0n) is 7.61. The van der Waals surface area contributed by atoms with Gasteiger partial charge in [-0.2, -0.15) is 0 Å². The predicted molar refractivity (Wildman–Crippen MR) is 49.2 cm³/mol. The summed E-state index contributed by atoms with van der Waals surface area (Å²) in [6.07, 6.45) is 0. The number of nitrogens with zero attached hydrogens (tertiary/aromatic N) is 2. The molecule has 1 aromatic carbocycles. The van der Waals surface area contributed by atoms with Crippen molar-refractivity contribution in [2.75, 3.05) is 0 Å². The summed E-state index contributed by atoms with van der Waals surface area (Å²) in [6.45, 7) is 3.82. The topological polar surface area (TPSA) is 38.9 Å². The summed E-state index contributed by atoms with van der Waals surface area (Å²) in [5, 5.41) is 7.72. The lowest BCUT2D eigenvalue weighted by Gasteiger charge is -1.95. The average molecular weight is 174 g/mol. The van der Waals surface area contributed by atoms with Crippen LogP contribution < -0.4 is 0 Å². The summed E-state index contributed by atoms with van der Waals surface area (Å²) in [5.41, 5.74) is 2.16. The molecule has 2 aromatic rings. The maximum Gasteiger partial charge on any atom is 0.247 e. The third-order valence-electron chi connectivity index (χ3n) is 1.79. The van der Waals surface area contributed by atoms with Crippen molar-refractivity contribution in [1.29, 1.82) is 0 Å². The van der Waals surface area contributed by atoms with E-state index in [0.717, 1.165) is 5.56 Å². The number of benzene rings is 1. The Labute approximate surface area is 76.4 Å². The van der Waals surface area contributed by atoms with Gasteiger partial charge in [0, 0.05) is 12.5 Å². The van der Waals surface area contributed by atoms with E-state index in [1.54, 1.807) is 6.92 Å². The van der Waals surface area contributed by atoms with Crippen molar-refractivity contribution in [1.82, 2.24) is 10.2 Å². The Morgan fingerprint density at radius 2 is 2.00 bits per heavy atom. The summed E-state index contributed by atoms with van der Waals surface area (Å²) >= 11 is 0. The smallest absolute Gasteiger partial charge is 0.247 e. The van der Waals surface area contributed by atoms with Crippen LogP contribution in [0.4, 0.5) is 0 Å². The third kappa shape index (κ3) is 1.59. The molecule has 0 aliphatic heterocycles. The highest BCUT2D eigenvalue weighted by molar-refractivity contribution is 5.53. The Kier molecular flexibility index (Phi) is 1.85. The molecule has 0 fully saturated rings. The second-order valence-corrected chi connectivity index (χ2v) is 3.00. The minimum absolute atomic E-state index is 0.584. The van der Waals surface area contributed by atoms with Crippen molar-refractivity contribution in [3.63, 3.8) is 0 Å². The van der Waals surface area contributed by atoms with Gasteiger partial charge in [-0.3, -0.25) is 0 Å². The molecule has 0 unspecified atom stereocenters. The van der Waals surface area contributed by atoms with Crippen LogP contribution in [0.25, 0.3) is 11.5 Å². The summed E-state index contributed by atoms with van der Waals surface area (Å²) in [5.74, 6) is 1.18. The van der Waals surface area contributed by atoms with Crippen LogP contribution in [0.5, 0.6) is 0 Å². The minimum Gasteiger partial charge on any atom is -0.421 e. The van der Waals surface area contributed by atoms with Gasteiger partial charge in [0.25, 0.3) is 0 Å². The molecule has 0 aliphatic carbocycles. The molecule has 0 aliphatic rings. The monoisotopic (exact) mass is 174 g/mol. The molecule has 3 nitrogen and oxygen atoms in total. The van der Waals surface area contributed by atoms with Gasteiger partial charge in [-0.25, -0.2) is 0 Å². The van der Waals surface area contributed by atoms with Gasteiger partial charge < -0.3 is 4.42 Å². The number of rotatable bonds is 1. The van der Waals surface area contributed by atoms with Crippen LogP contribution >= 0.6 is 0 Å². The normalized spacial score (nSPS) is 10.3. The van der Waals surface area contributed by atoms with E-state index >= 15 is 0 Å². The van der Waals surface area contributed by atoms with Gasteiger partial charge in [0.2, 0.25) is 11.8 Å². The highest BCUT2D eigenvalue weighted by Gasteiger charge is 2.04. The molecule has 0 bridgehead atoms. The zero-order valence-corrected chi connectivity index (χ0v) is 7.61. The van der Waals surface area contributed by atoms with Gasteiger partial charge in [0.05, 0.1) is 0 Å². The zero-order chi connectivity index (χ0) is 9.26. The first kappa shape index (κ1) is 7.98. The highest BCUT2D eigenvalue weighted by Crippen LogP contribution is 2.18. The van der Waals surface area contributed by atoms with Crippen molar-refractivity contribution in [2.24, 2.45) is 0 Å². The largest absolute Gasteiger partial charge is 0.421 e. The maximum atomic E-state index is 5.30. The highest BCUT2D eigenvalue weighted by atomic mass is 16.4. The Hall–Kier alpha value is -1.64. The van der Waals surface area contributed by atoms with E-state index in [1.165, 1.54) is 5.56 Å². The minimum atomic E-state index is 0.584. The Balaban J connectivity index is 2.46. The number of hydrogen-bond donors (Lipinski definition) is 0. The standard InChI is InChI=1S/C10H10N2O/c1-7-4-3-5-9(6-7)10-12-11-8(2)13-10/h3-6H,1-2H3. The number of aryl methyl sites for hydroxylation is 2. The molecule has 66 valence electrons. The van der Waals surface area contributed by atoms with E-state index in [4.69, 9.17) is 4.42 Å². The third-order valence-corrected chi connectivity index (χ3v) is 1.79. The Morgan fingerprint density at radius 1 is 1.15 bits per heavy atom. The molecule has 0 spiro atoms. The van der Waals surface area contributed by atoms with Gasteiger partial charge in [-0.1, -0.05) is 17.7 Å². The molecule has 0 saturated carbocycles. The van der Waals surface area contributed by atoms with E-state index in [0.29, 0.717) is 11.8 Å². The molecule has 2 rings (SSSR count). The predicted octanol–water partition coefficient (Wildman–Crippen LogP) is 2.35. The van der Waals surface area contributed by atoms with Gasteiger partial charge in [-0.15, -0.1) is 10.2 Å². The SMILES string of the molecule is Cc1cccc(-c2nnc(C)o2)c1. The van der Waals surface area contributed by atoms with E-state index in [-0.39, 0.29) is 0 Å². The molecule has 1 heterocycles. The molecular formula is C10H10N2O. The number of hydrogen-bond acceptors (Lipinski definition) is 3. The van der Waals surface area contributed by atoms with E-state index in [2.05, 4.69) is 10.2 Å². The fourth-order valence-electron chi connectivity index (χ4n) is 1.19. The molecule has 0 N–H and O–H groups in total. The second kappa shape index (κ2) is 3.01. The van der Waals surface area contributed by atoms with Gasteiger partial charge in [-0.05, 0) is 19.1 Å². The lowest BCUT2D eigenvalue weighted by molar-refractivity contribution is 0.532. The first-order valence-electron chi connectivity index (χ1n) is 4.13. The summed E-state index contributed by atoms with van der Waals surface area (Å²) in [7, 11) is 0. The molecule has 1 aromatic heterocycles. The average Bonchev–Trinajstić information content (AvgIpc) is 2.52. The van der Waals surface area contributed by atoms with Gasteiger partial charge in [0.15, 0.2) is 0 Å². The lowest BCUT2D eigenvalue weighted by atomic mass is 10.1. The fraction of sp³-hybridized carbons (Fsp3) is 0.200. The van der Waals surface area contributed by atoms with Crippen LogP contribution in [0, 0.1) is 13.8 Å². The van der Waals surface area contributed by atoms with Crippen LogP contribution in [0.15, 0.2) is 28.7 Å². The van der Waals surface area contributed by atoms with Gasteiger partial charge in [0.1, 0.15) is 0 Å². The van der Waals surface area contributed by atoms with Crippen molar-refractivity contribution in [3.05, 3.63) is 35.7 Å². The van der Waals surface area contributed by atoms with Crippen molar-refractivity contribution < 1.29 is 4.42 Å². The van der Waals surface area contributed by atoms with Crippen molar-refractivity contribution >= 4 is 0 Å². The maximum absolute atomic E-state index is 5.30. The van der Waals surface area contributed by atoms with Crippen molar-refractivity contribution in [3.8, 4) is 11.5 Å². The van der Waals surface area contributed by atoms with E-state index < -0.39 is 0 Å². The van der Waals surface area contributed by atoms with E-state index in [1.807, 2.05) is 31.2 Å². The van der Waals surface area contributed by atoms with Crippen LogP contribution in [0.3, 0.4) is 0 Å². The molecule has 0 radical (unpaired) electrons. The Bertz CT molecular complexity index is 420. The van der Waals surface area contributed by atoms with Crippen LogP contribution in [-0.4, -0.2) is 10.2 Å². The molecule has 13 heavy (non-hydrogen) atoms. The fourth-order valence-corrected chi connectivity index (χ4v) is 1.19. The first-order valence-corrected chi connectivity index (χ1v) is 4.13. The van der Waals surface area contributed by atoms with Crippen LogP contribution in [-0.2, 0) is 0 Å². The number of aromatic nitrogens is 2. The Morgan fingerprint density at radius 3 is 2.62 bits per heavy atom. The lowest BCUT2D eigenvalue weighted by Crippen LogP contribution is -1.78. The first-order chi connectivity index (χ1) is 6.25. The van der Waals surface area contributed by atoms with Gasteiger partial charge >= 0.3 is 0 Å². The molecule has 0 atom stereocenters. The quantitative estimate of drug-likeness (QED) is 0.666. The molecule has 3 heteroatoms. The summed E-state index contributed by atoms with van der Waals surface area (Å²) in [4.78, 5) is 0. The summed E-state index contributed by atoms with van der Waals surface area (Å²) < 4.78 is 5.30. The second-order valence-electron chi connectivity index (χ2n) is 3.00. The van der Waals surface area contributed by atoms with Crippen molar-refractivity contribution in [2.45, 2.75) is 13.8 Å².